The van der Waals surface area contributed by atoms with Crippen LogP contribution < -0.4 is 9.80 Å². The van der Waals surface area contributed by atoms with Gasteiger partial charge in [0.05, 0.1) is 27.6 Å². The average Bonchev–Trinajstić information content (AvgIpc) is 1.52. The number of furan rings is 3. The number of nitrogens with zero attached hydrogens (tertiary/aromatic N) is 3. The fourth-order valence-electron chi connectivity index (χ4n) is 14.2. The van der Waals surface area contributed by atoms with Crippen molar-refractivity contribution in [1.82, 2.24) is 4.98 Å². The van der Waals surface area contributed by atoms with Crippen LogP contribution in [0.15, 0.2) is 244 Å². The molecule has 10 aromatic carbocycles. The molecule has 0 atom stereocenters. The van der Waals surface area contributed by atoms with Crippen LogP contribution in [0.25, 0.3) is 83.1 Å². The van der Waals surface area contributed by atoms with Crippen molar-refractivity contribution in [3.63, 3.8) is 0 Å². The van der Waals surface area contributed by atoms with Crippen molar-refractivity contribution in [2.75, 3.05) is 9.80 Å². The summed E-state index contributed by atoms with van der Waals surface area (Å²) in [4.78, 5) is 9.93. The molecule has 85 heavy (non-hydrogen) atoms. The van der Waals surface area contributed by atoms with Gasteiger partial charge >= 0.3 is 0 Å². The monoisotopic (exact) mass is 1100 g/mol. The van der Waals surface area contributed by atoms with Crippen LogP contribution >= 0.6 is 0 Å². The molecular formula is C79H63N3O3. The Morgan fingerprint density at radius 1 is 0.412 bits per heavy atom. The van der Waals surface area contributed by atoms with E-state index in [-0.39, 0.29) is 10.8 Å². The summed E-state index contributed by atoms with van der Waals surface area (Å²) in [6.07, 6.45) is 6.62. The van der Waals surface area contributed by atoms with Gasteiger partial charge in [-0.15, -0.1) is 0 Å². The van der Waals surface area contributed by atoms with Crippen LogP contribution in [0, 0.1) is 0 Å². The largest absolute Gasteiger partial charge is 0.456 e. The number of para-hydroxylation sites is 2. The fourth-order valence-corrected chi connectivity index (χ4v) is 14.2. The zero-order valence-electron chi connectivity index (χ0n) is 49.1. The lowest BCUT2D eigenvalue weighted by Gasteiger charge is -2.37. The predicted molar refractivity (Wildman–Crippen MR) is 352 cm³/mol. The summed E-state index contributed by atoms with van der Waals surface area (Å²) in [5.74, 6) is 0. The predicted octanol–water partition coefficient (Wildman–Crippen LogP) is 22.0. The second-order valence-corrected chi connectivity index (χ2v) is 25.9. The Labute approximate surface area is 494 Å². The lowest BCUT2D eigenvalue weighted by molar-refractivity contribution is 0.590. The summed E-state index contributed by atoms with van der Waals surface area (Å²) >= 11 is 0. The highest BCUT2D eigenvalue weighted by Gasteiger charge is 2.52. The van der Waals surface area contributed by atoms with Crippen molar-refractivity contribution >= 4 is 106 Å². The van der Waals surface area contributed by atoms with E-state index >= 15 is 0 Å². The van der Waals surface area contributed by atoms with Gasteiger partial charge in [-0.25, -0.2) is 4.98 Å². The third-order valence-corrected chi connectivity index (χ3v) is 18.3. The molecule has 0 aliphatic heterocycles. The average molecular weight is 1100 g/mol. The van der Waals surface area contributed by atoms with Crippen LogP contribution in [0.1, 0.15) is 99.9 Å². The molecule has 4 aromatic heterocycles. The van der Waals surface area contributed by atoms with Gasteiger partial charge in [0, 0.05) is 79.2 Å². The van der Waals surface area contributed by atoms with Crippen LogP contribution in [-0.4, -0.2) is 4.98 Å². The highest BCUT2D eigenvalue weighted by atomic mass is 16.3. The Morgan fingerprint density at radius 3 is 1.41 bits per heavy atom. The number of allylic oxidation sites excluding steroid dienone is 1. The summed E-state index contributed by atoms with van der Waals surface area (Å²) in [6.45, 7) is 18.4. The normalized spacial score (nSPS) is 14.3. The molecule has 6 nitrogen and oxygen atoms in total. The van der Waals surface area contributed by atoms with E-state index in [1.54, 1.807) is 0 Å². The minimum absolute atomic E-state index is 0.0448. The van der Waals surface area contributed by atoms with E-state index in [1.807, 2.05) is 24.4 Å². The second kappa shape index (κ2) is 18.3. The Kier molecular flexibility index (Phi) is 10.9. The quantitative estimate of drug-likeness (QED) is 0.151. The van der Waals surface area contributed by atoms with Gasteiger partial charge in [-0.3, -0.25) is 0 Å². The van der Waals surface area contributed by atoms with E-state index < -0.39 is 10.8 Å². The smallest absolute Gasteiger partial charge is 0.227 e. The van der Waals surface area contributed by atoms with Crippen LogP contribution in [0.3, 0.4) is 0 Å². The Hall–Kier alpha value is -9.91. The highest BCUT2D eigenvalue weighted by molar-refractivity contribution is 6.20. The maximum atomic E-state index is 7.50. The van der Waals surface area contributed by atoms with Crippen LogP contribution in [0.5, 0.6) is 0 Å². The molecular weight excluding hydrogens is 1040 g/mol. The van der Waals surface area contributed by atoms with Crippen LogP contribution in [0.2, 0.25) is 0 Å². The topological polar surface area (TPSA) is 58.8 Å². The van der Waals surface area contributed by atoms with E-state index in [0.717, 1.165) is 122 Å². The van der Waals surface area contributed by atoms with Crippen molar-refractivity contribution in [1.29, 1.82) is 0 Å². The summed E-state index contributed by atoms with van der Waals surface area (Å²) in [5, 5.41) is 6.26. The molecule has 2 aliphatic rings. The van der Waals surface area contributed by atoms with E-state index in [9.17, 15) is 0 Å². The first-order chi connectivity index (χ1) is 41.1. The molecule has 412 valence electrons. The lowest BCUT2D eigenvalue weighted by Crippen LogP contribution is -2.29. The van der Waals surface area contributed by atoms with Crippen molar-refractivity contribution in [2.24, 2.45) is 0 Å². The number of hydrogen-bond acceptors (Lipinski definition) is 6. The molecule has 0 amide bonds. The molecule has 0 saturated heterocycles. The molecule has 2 aliphatic carbocycles. The first kappa shape index (κ1) is 50.8. The minimum Gasteiger partial charge on any atom is -0.456 e. The SMILES string of the molecule is CC(C)(C)c1ccc(N(c2ccc3c(c2)oc2ccccc23)c2cc3c(c4c2C=CC4(C)C)-c2c(cc(N(c4ccc(C(C)(C)C)cc4)c4ccc5c(c4)oc4ccccc45)c4c2oc2ncccc24)C3(c2ccccc2)c2ccccc2)cc1. The van der Waals surface area contributed by atoms with Crippen molar-refractivity contribution in [2.45, 2.75) is 77.0 Å². The van der Waals surface area contributed by atoms with Gasteiger partial charge in [0.2, 0.25) is 5.71 Å². The van der Waals surface area contributed by atoms with Gasteiger partial charge < -0.3 is 23.1 Å². The van der Waals surface area contributed by atoms with Gasteiger partial charge in [0.25, 0.3) is 0 Å². The lowest BCUT2D eigenvalue weighted by atomic mass is 9.67. The molecule has 0 radical (unpaired) electrons. The molecule has 16 rings (SSSR count). The molecule has 4 heterocycles. The van der Waals surface area contributed by atoms with Crippen LogP contribution in [0.4, 0.5) is 34.1 Å². The Morgan fingerprint density at radius 2 is 0.871 bits per heavy atom. The van der Waals surface area contributed by atoms with Gasteiger partial charge in [-0.1, -0.05) is 189 Å². The molecule has 6 heteroatoms. The molecule has 0 bridgehead atoms. The van der Waals surface area contributed by atoms with Gasteiger partial charge in [0.15, 0.2) is 0 Å². The van der Waals surface area contributed by atoms with Gasteiger partial charge in [-0.2, -0.15) is 0 Å². The molecule has 0 fully saturated rings. The summed E-state index contributed by atoms with van der Waals surface area (Å²) in [7, 11) is 0. The van der Waals surface area contributed by atoms with Crippen molar-refractivity contribution in [3.8, 4) is 11.1 Å². The standard InChI is InChI=1S/C79H63N3O3/c1-76(2,3)48-29-33-52(34-30-48)81(54-37-39-58-56-24-15-17-27-66(56)83-68(58)44-54)64-46-62-71(73-60(64)41-42-78(73,7)8)72-63(79(62,50-20-11-9-12-21-50)51-22-13-10-14-23-51)47-65(70-61-26-19-43-80-75(61)85-74(70)72)82(53-35-31-49(32-36-53)77(4,5)6)55-38-40-59-57-25-16-18-28-67(57)84-69(59)45-55/h9-47H,1-8H3. The first-order valence-corrected chi connectivity index (χ1v) is 29.7. The molecule has 14 aromatic rings. The number of pyridine rings is 1. The highest BCUT2D eigenvalue weighted by Crippen LogP contribution is 2.65. The zero-order valence-corrected chi connectivity index (χ0v) is 49.1. The number of aromatic nitrogens is 1. The van der Waals surface area contributed by atoms with E-state index in [4.69, 9.17) is 18.2 Å². The van der Waals surface area contributed by atoms with E-state index in [0.29, 0.717) is 5.71 Å². The maximum absolute atomic E-state index is 7.50. The van der Waals surface area contributed by atoms with Crippen molar-refractivity contribution < 1.29 is 13.3 Å². The first-order valence-electron chi connectivity index (χ1n) is 29.7. The second-order valence-electron chi connectivity index (χ2n) is 25.9. The van der Waals surface area contributed by atoms with E-state index in [1.165, 1.54) is 27.8 Å². The molecule has 0 spiro atoms. The van der Waals surface area contributed by atoms with E-state index in [2.05, 4.69) is 278 Å². The number of fused-ring (bicyclic) bond motifs is 15. The number of benzene rings is 10. The van der Waals surface area contributed by atoms with Crippen molar-refractivity contribution in [3.05, 3.63) is 275 Å². The Balaban J connectivity index is 1.05. The maximum Gasteiger partial charge on any atom is 0.227 e. The third-order valence-electron chi connectivity index (χ3n) is 18.3. The zero-order chi connectivity index (χ0) is 57.7. The summed E-state index contributed by atoms with van der Waals surface area (Å²) < 4.78 is 21.0. The number of rotatable bonds is 8. The molecule has 0 unspecified atom stereocenters. The molecule has 0 saturated carbocycles. The number of hydrogen-bond donors (Lipinski definition) is 0. The molecule has 0 N–H and O–H groups in total. The summed E-state index contributed by atoms with van der Waals surface area (Å²) in [5.41, 5.74) is 21.1. The van der Waals surface area contributed by atoms with Gasteiger partial charge in [-0.05, 0) is 140 Å². The third kappa shape index (κ3) is 7.60. The number of anilines is 6. The Bertz CT molecular complexity index is 5010. The van der Waals surface area contributed by atoms with Crippen LogP contribution in [-0.2, 0) is 21.7 Å². The summed E-state index contributed by atoms with van der Waals surface area (Å²) in [6, 6.07) is 79.9. The fraction of sp³-hybridized carbons (Fsp3) is 0.152. The minimum atomic E-state index is -0.903. The van der Waals surface area contributed by atoms with Gasteiger partial charge in [0.1, 0.15) is 27.9 Å².